The van der Waals surface area contributed by atoms with Gasteiger partial charge in [-0.15, -0.1) is 0 Å². The lowest BCUT2D eigenvalue weighted by Crippen LogP contribution is -2.38. The van der Waals surface area contributed by atoms with E-state index >= 15 is 0 Å². The lowest BCUT2D eigenvalue weighted by atomic mass is 10.1. The van der Waals surface area contributed by atoms with Crippen molar-refractivity contribution in [3.63, 3.8) is 0 Å². The van der Waals surface area contributed by atoms with Crippen molar-refractivity contribution >= 4 is 5.97 Å². The topological polar surface area (TPSA) is 81.7 Å². The van der Waals surface area contributed by atoms with E-state index in [-0.39, 0.29) is 12.8 Å². The second-order valence-corrected chi connectivity index (χ2v) is 5.51. The maximum absolute atomic E-state index is 12.0. The molecule has 8 nitrogen and oxygen atoms in total. The molecule has 0 saturated heterocycles. The molecule has 0 saturated carbocycles. The van der Waals surface area contributed by atoms with Gasteiger partial charge in [-0.05, 0) is 27.2 Å². The van der Waals surface area contributed by atoms with Crippen molar-refractivity contribution in [2.75, 3.05) is 21.3 Å². The van der Waals surface area contributed by atoms with Crippen molar-refractivity contribution in [1.82, 2.24) is 0 Å². The molecule has 0 radical (unpaired) electrons. The van der Waals surface area contributed by atoms with E-state index in [4.69, 9.17) is 19.4 Å². The summed E-state index contributed by atoms with van der Waals surface area (Å²) in [5.41, 5.74) is -0.538. The Kier molecular flexibility index (Phi) is 9.74. The highest BCUT2D eigenvalue weighted by atomic mass is 17.3. The molecule has 22 heavy (non-hydrogen) atoms. The number of rotatable bonds is 12. The normalized spacial score (nSPS) is 14.0. The van der Waals surface area contributed by atoms with Crippen LogP contribution in [0.25, 0.3) is 0 Å². The minimum Gasteiger partial charge on any atom is -0.460 e. The van der Waals surface area contributed by atoms with Crippen LogP contribution in [-0.4, -0.2) is 44.8 Å². The summed E-state index contributed by atoms with van der Waals surface area (Å²) in [6.07, 6.45) is 0.115. The summed E-state index contributed by atoms with van der Waals surface area (Å²) in [6, 6.07) is 0. The van der Waals surface area contributed by atoms with Gasteiger partial charge < -0.3 is 4.74 Å². The largest absolute Gasteiger partial charge is 0.460 e. The standard InChI is InChI=1S/C14H28O8/c1-8-13(2,3)19-12(15)9-11(20-16-5)10-14(4,21-17-6)22-18-7/h11H,8-10H2,1-7H3. The van der Waals surface area contributed by atoms with Gasteiger partial charge in [-0.1, -0.05) is 6.92 Å². The molecule has 0 aromatic rings. The molecule has 0 amide bonds. The first-order chi connectivity index (χ1) is 10.2. The zero-order chi connectivity index (χ0) is 17.2. The Morgan fingerprint density at radius 1 is 1.00 bits per heavy atom. The molecule has 0 aromatic carbocycles. The van der Waals surface area contributed by atoms with E-state index in [1.165, 1.54) is 21.3 Å². The van der Waals surface area contributed by atoms with Gasteiger partial charge in [-0.25, -0.2) is 19.6 Å². The third-order valence-electron chi connectivity index (χ3n) is 2.99. The summed E-state index contributed by atoms with van der Waals surface area (Å²) in [7, 11) is 4.02. The summed E-state index contributed by atoms with van der Waals surface area (Å²) >= 11 is 0. The van der Waals surface area contributed by atoms with Crippen LogP contribution in [0.1, 0.15) is 47.0 Å². The molecule has 0 aromatic heterocycles. The van der Waals surface area contributed by atoms with Crippen molar-refractivity contribution in [2.24, 2.45) is 0 Å². The molecular formula is C14H28O8. The lowest BCUT2D eigenvalue weighted by Gasteiger charge is -2.29. The van der Waals surface area contributed by atoms with Crippen LogP contribution >= 0.6 is 0 Å². The summed E-state index contributed by atoms with van der Waals surface area (Å²) in [6.45, 7) is 7.19. The van der Waals surface area contributed by atoms with E-state index in [9.17, 15) is 4.79 Å². The Morgan fingerprint density at radius 3 is 1.95 bits per heavy atom. The van der Waals surface area contributed by atoms with Crippen LogP contribution in [0.2, 0.25) is 0 Å². The number of hydrogen-bond donors (Lipinski definition) is 0. The van der Waals surface area contributed by atoms with E-state index in [2.05, 4.69) is 14.7 Å². The molecule has 0 aliphatic carbocycles. The maximum Gasteiger partial charge on any atom is 0.309 e. The monoisotopic (exact) mass is 324 g/mol. The van der Waals surface area contributed by atoms with Crippen LogP contribution in [0.3, 0.4) is 0 Å². The Hall–Kier alpha value is -0.770. The van der Waals surface area contributed by atoms with Gasteiger partial charge in [0, 0.05) is 6.42 Å². The SMILES string of the molecule is CCC(C)(C)OC(=O)CC(CC(C)(OOC)OOC)OOC. The second-order valence-electron chi connectivity index (χ2n) is 5.51. The second kappa shape index (κ2) is 10.1. The highest BCUT2D eigenvalue weighted by molar-refractivity contribution is 5.70. The minimum atomic E-state index is -1.27. The first-order valence-corrected chi connectivity index (χ1v) is 7.07. The Labute approximate surface area is 131 Å². The van der Waals surface area contributed by atoms with Gasteiger partial charge in [0.25, 0.3) is 0 Å². The van der Waals surface area contributed by atoms with E-state index in [1.54, 1.807) is 6.92 Å². The Morgan fingerprint density at radius 2 is 1.55 bits per heavy atom. The molecule has 1 unspecified atom stereocenters. The zero-order valence-electron chi connectivity index (χ0n) is 14.5. The number of ether oxygens (including phenoxy) is 1. The summed E-state index contributed by atoms with van der Waals surface area (Å²) in [5, 5.41) is 0. The summed E-state index contributed by atoms with van der Waals surface area (Å²) in [4.78, 5) is 41.0. The van der Waals surface area contributed by atoms with Crippen LogP contribution < -0.4 is 0 Å². The Bertz CT molecular complexity index is 312. The van der Waals surface area contributed by atoms with E-state index in [1.807, 2.05) is 20.8 Å². The van der Waals surface area contributed by atoms with E-state index in [0.29, 0.717) is 6.42 Å². The van der Waals surface area contributed by atoms with Crippen LogP contribution in [-0.2, 0) is 38.9 Å². The van der Waals surface area contributed by atoms with Crippen LogP contribution in [0.5, 0.6) is 0 Å². The quantitative estimate of drug-likeness (QED) is 0.234. The predicted molar refractivity (Wildman–Crippen MR) is 76.2 cm³/mol. The van der Waals surface area contributed by atoms with Crippen molar-refractivity contribution in [2.45, 2.75) is 64.4 Å². The molecule has 0 aliphatic heterocycles. The van der Waals surface area contributed by atoms with Gasteiger partial charge in [0.2, 0.25) is 5.79 Å². The van der Waals surface area contributed by atoms with Gasteiger partial charge in [-0.3, -0.25) is 4.79 Å². The highest BCUT2D eigenvalue weighted by Gasteiger charge is 2.36. The molecular weight excluding hydrogens is 296 g/mol. The number of carbonyl (C=O) groups excluding carboxylic acids is 1. The number of esters is 1. The zero-order valence-corrected chi connectivity index (χ0v) is 14.5. The van der Waals surface area contributed by atoms with Crippen molar-refractivity contribution < 1.29 is 38.9 Å². The highest BCUT2D eigenvalue weighted by Crippen LogP contribution is 2.24. The van der Waals surface area contributed by atoms with Crippen molar-refractivity contribution in [3.8, 4) is 0 Å². The third kappa shape index (κ3) is 8.62. The lowest BCUT2D eigenvalue weighted by molar-refractivity contribution is -0.501. The van der Waals surface area contributed by atoms with Gasteiger partial charge in [0.15, 0.2) is 0 Å². The smallest absolute Gasteiger partial charge is 0.309 e. The predicted octanol–water partition coefficient (Wildman–Crippen LogP) is 2.32. The summed E-state index contributed by atoms with van der Waals surface area (Å²) in [5.74, 6) is -1.68. The molecule has 0 spiro atoms. The van der Waals surface area contributed by atoms with Crippen LogP contribution in [0, 0.1) is 0 Å². The first-order valence-electron chi connectivity index (χ1n) is 7.07. The molecule has 0 rings (SSSR count). The fourth-order valence-electron chi connectivity index (χ4n) is 1.73. The first kappa shape index (κ1) is 21.2. The van der Waals surface area contributed by atoms with Crippen molar-refractivity contribution in [1.29, 1.82) is 0 Å². The van der Waals surface area contributed by atoms with Gasteiger partial charge in [0.1, 0.15) is 11.7 Å². The number of hydrogen-bond acceptors (Lipinski definition) is 8. The molecule has 1 atom stereocenters. The van der Waals surface area contributed by atoms with Gasteiger partial charge >= 0.3 is 5.97 Å². The van der Waals surface area contributed by atoms with Gasteiger partial charge in [-0.2, -0.15) is 9.78 Å². The molecule has 0 bridgehead atoms. The van der Waals surface area contributed by atoms with Crippen LogP contribution in [0.15, 0.2) is 0 Å². The molecule has 132 valence electrons. The average Bonchev–Trinajstić information content (AvgIpc) is 2.38. The summed E-state index contributed by atoms with van der Waals surface area (Å²) < 4.78 is 5.38. The molecule has 0 aliphatic rings. The van der Waals surface area contributed by atoms with Crippen LogP contribution in [0.4, 0.5) is 0 Å². The number of carbonyl (C=O) groups is 1. The molecule has 0 heterocycles. The molecule has 0 fully saturated rings. The molecule has 8 heteroatoms. The molecule has 0 N–H and O–H groups in total. The third-order valence-corrected chi connectivity index (χ3v) is 2.99. The van der Waals surface area contributed by atoms with Crippen molar-refractivity contribution in [3.05, 3.63) is 0 Å². The average molecular weight is 324 g/mol. The van der Waals surface area contributed by atoms with Gasteiger partial charge in [0.05, 0.1) is 27.8 Å². The van der Waals surface area contributed by atoms with E-state index in [0.717, 1.165) is 0 Å². The Balaban J connectivity index is 4.73. The fourth-order valence-corrected chi connectivity index (χ4v) is 1.73. The fraction of sp³-hybridized carbons (Fsp3) is 0.929. The maximum atomic E-state index is 12.0. The van der Waals surface area contributed by atoms with E-state index < -0.39 is 23.5 Å². The minimum absolute atomic E-state index is 0.0347.